The van der Waals surface area contributed by atoms with Gasteiger partial charge in [0.05, 0.1) is 28.6 Å². The van der Waals surface area contributed by atoms with Crippen molar-refractivity contribution in [2.75, 3.05) is 11.2 Å². The molecule has 0 N–H and O–H groups in total. The third-order valence-corrected chi connectivity index (χ3v) is 6.16. The molecule has 6 heteroatoms. The monoisotopic (exact) mass is 394 g/mol. The van der Waals surface area contributed by atoms with Crippen LogP contribution in [0.15, 0.2) is 70.2 Å². The van der Waals surface area contributed by atoms with Crippen LogP contribution in [0.25, 0.3) is 10.2 Å². The van der Waals surface area contributed by atoms with E-state index in [-0.39, 0.29) is 5.91 Å². The molecule has 2 heterocycles. The number of thiazole rings is 1. The molecule has 0 aliphatic heterocycles. The zero-order chi connectivity index (χ0) is 18.8. The van der Waals surface area contributed by atoms with E-state index in [1.807, 2.05) is 67.8 Å². The van der Waals surface area contributed by atoms with Crippen LogP contribution in [0.4, 0.5) is 5.13 Å². The Balaban J connectivity index is 1.80. The van der Waals surface area contributed by atoms with Crippen LogP contribution in [0.1, 0.15) is 21.7 Å². The molecule has 0 radical (unpaired) electrons. The summed E-state index contributed by atoms with van der Waals surface area (Å²) in [5.74, 6) is 0.647. The van der Waals surface area contributed by atoms with Crippen LogP contribution in [0.3, 0.4) is 0 Å². The third kappa shape index (κ3) is 3.50. The number of aromatic nitrogens is 1. The van der Waals surface area contributed by atoms with E-state index in [0.717, 1.165) is 26.4 Å². The van der Waals surface area contributed by atoms with Crippen LogP contribution in [-0.4, -0.2) is 17.1 Å². The summed E-state index contributed by atoms with van der Waals surface area (Å²) >= 11 is 3.09. The largest absolute Gasteiger partial charge is 0.467 e. The lowest BCUT2D eigenvalue weighted by Crippen LogP contribution is -2.30. The molecule has 0 aliphatic carbocycles. The van der Waals surface area contributed by atoms with Gasteiger partial charge in [-0.3, -0.25) is 9.69 Å². The first-order chi connectivity index (χ1) is 13.2. The highest BCUT2D eigenvalue weighted by atomic mass is 32.2. The minimum absolute atomic E-state index is 0.0759. The number of nitrogens with zero attached hydrogens (tertiary/aromatic N) is 2. The van der Waals surface area contributed by atoms with Crippen molar-refractivity contribution < 1.29 is 9.21 Å². The molecule has 0 atom stereocenters. The average Bonchev–Trinajstić information content (AvgIpc) is 3.35. The van der Waals surface area contributed by atoms with Gasteiger partial charge in [-0.05, 0) is 49.1 Å². The molecule has 0 saturated heterocycles. The maximum Gasteiger partial charge on any atom is 0.261 e. The molecule has 1 amide bonds. The van der Waals surface area contributed by atoms with E-state index in [4.69, 9.17) is 9.40 Å². The molecular formula is C21H18N2O2S2. The van der Waals surface area contributed by atoms with Crippen LogP contribution < -0.4 is 4.90 Å². The summed E-state index contributed by atoms with van der Waals surface area (Å²) in [6.45, 7) is 2.38. The Morgan fingerprint density at radius 1 is 1.15 bits per heavy atom. The molecular weight excluding hydrogens is 376 g/mol. The molecule has 0 saturated carbocycles. The van der Waals surface area contributed by atoms with Gasteiger partial charge >= 0.3 is 0 Å². The van der Waals surface area contributed by atoms with E-state index >= 15 is 0 Å². The molecule has 27 heavy (non-hydrogen) atoms. The Bertz CT molecular complexity index is 1090. The summed E-state index contributed by atoms with van der Waals surface area (Å²) < 4.78 is 6.57. The molecule has 4 nitrogen and oxygen atoms in total. The third-order valence-electron chi connectivity index (χ3n) is 4.32. The number of amides is 1. The van der Waals surface area contributed by atoms with Crippen LogP contribution in [0.5, 0.6) is 0 Å². The van der Waals surface area contributed by atoms with Gasteiger partial charge in [0, 0.05) is 4.90 Å². The van der Waals surface area contributed by atoms with Crippen LogP contribution in [-0.2, 0) is 6.54 Å². The maximum atomic E-state index is 13.5. The van der Waals surface area contributed by atoms with Gasteiger partial charge in [-0.1, -0.05) is 35.6 Å². The highest BCUT2D eigenvalue weighted by Crippen LogP contribution is 2.33. The summed E-state index contributed by atoms with van der Waals surface area (Å²) in [5.41, 5.74) is 2.71. The summed E-state index contributed by atoms with van der Waals surface area (Å²) in [7, 11) is 0. The Morgan fingerprint density at radius 2 is 2.00 bits per heavy atom. The van der Waals surface area contributed by atoms with E-state index in [0.29, 0.717) is 17.2 Å². The number of furan rings is 1. The van der Waals surface area contributed by atoms with Crippen molar-refractivity contribution in [1.82, 2.24) is 4.98 Å². The van der Waals surface area contributed by atoms with E-state index in [1.54, 1.807) is 22.9 Å². The SMILES string of the molecule is CSc1ccccc1C(=O)N(Cc1ccco1)c1nc2c(C)cccc2s1. The van der Waals surface area contributed by atoms with Gasteiger partial charge in [-0.15, -0.1) is 11.8 Å². The van der Waals surface area contributed by atoms with Crippen molar-refractivity contribution in [2.45, 2.75) is 18.4 Å². The van der Waals surface area contributed by atoms with Crippen molar-refractivity contribution in [2.24, 2.45) is 0 Å². The molecule has 2 aromatic heterocycles. The van der Waals surface area contributed by atoms with Gasteiger partial charge in [0.15, 0.2) is 5.13 Å². The van der Waals surface area contributed by atoms with E-state index in [2.05, 4.69) is 0 Å². The maximum absolute atomic E-state index is 13.5. The average molecular weight is 395 g/mol. The van der Waals surface area contributed by atoms with Gasteiger partial charge in [-0.2, -0.15) is 0 Å². The van der Waals surface area contributed by atoms with E-state index in [9.17, 15) is 4.79 Å². The second kappa shape index (κ2) is 7.58. The first-order valence-corrected chi connectivity index (χ1v) is 10.5. The molecule has 136 valence electrons. The lowest BCUT2D eigenvalue weighted by Gasteiger charge is -2.20. The highest BCUT2D eigenvalue weighted by molar-refractivity contribution is 7.98. The number of anilines is 1. The Labute approximate surface area is 165 Å². The fourth-order valence-corrected chi connectivity index (χ4v) is 4.57. The molecule has 0 spiro atoms. The number of carbonyl (C=O) groups is 1. The quantitative estimate of drug-likeness (QED) is 0.403. The van der Waals surface area contributed by atoms with Gasteiger partial charge in [0.1, 0.15) is 5.76 Å². The number of hydrogen-bond acceptors (Lipinski definition) is 5. The number of aryl methyl sites for hydroxylation is 1. The van der Waals surface area contributed by atoms with E-state index in [1.165, 1.54) is 11.3 Å². The first-order valence-electron chi connectivity index (χ1n) is 8.51. The van der Waals surface area contributed by atoms with Crippen molar-refractivity contribution in [3.8, 4) is 0 Å². The number of benzene rings is 2. The summed E-state index contributed by atoms with van der Waals surface area (Å²) in [6, 6.07) is 17.5. The summed E-state index contributed by atoms with van der Waals surface area (Å²) in [6.07, 6.45) is 3.60. The topological polar surface area (TPSA) is 46.3 Å². The molecule has 4 aromatic rings. The minimum atomic E-state index is -0.0759. The van der Waals surface area contributed by atoms with Crippen LogP contribution in [0, 0.1) is 6.92 Å². The molecule has 0 bridgehead atoms. The molecule has 2 aromatic carbocycles. The lowest BCUT2D eigenvalue weighted by molar-refractivity contribution is 0.0980. The standard InChI is InChI=1S/C21H18N2O2S2/c1-14-7-5-11-18-19(14)22-21(27-18)23(13-15-8-6-12-25-15)20(24)16-9-3-4-10-17(16)26-2/h3-12H,13H2,1-2H3. The fraction of sp³-hybridized carbons (Fsp3) is 0.143. The normalized spacial score (nSPS) is 11.0. The van der Waals surface area contributed by atoms with Gasteiger partial charge in [-0.25, -0.2) is 4.98 Å². The molecule has 0 aliphatic rings. The Hall–Kier alpha value is -2.57. The number of carbonyl (C=O) groups excluding carboxylic acids is 1. The smallest absolute Gasteiger partial charge is 0.261 e. The Kier molecular flexibility index (Phi) is 5.01. The van der Waals surface area contributed by atoms with Crippen molar-refractivity contribution >= 4 is 44.4 Å². The van der Waals surface area contributed by atoms with Crippen LogP contribution in [0.2, 0.25) is 0 Å². The second-order valence-electron chi connectivity index (χ2n) is 6.09. The first kappa shape index (κ1) is 17.8. The van der Waals surface area contributed by atoms with Gasteiger partial charge < -0.3 is 4.42 Å². The zero-order valence-corrected chi connectivity index (χ0v) is 16.6. The number of hydrogen-bond donors (Lipinski definition) is 0. The number of fused-ring (bicyclic) bond motifs is 1. The Morgan fingerprint density at radius 3 is 2.74 bits per heavy atom. The van der Waals surface area contributed by atoms with Crippen molar-refractivity contribution in [3.05, 3.63) is 77.7 Å². The van der Waals surface area contributed by atoms with Crippen molar-refractivity contribution in [1.29, 1.82) is 0 Å². The number of para-hydroxylation sites is 1. The van der Waals surface area contributed by atoms with Gasteiger partial charge in [0.25, 0.3) is 5.91 Å². The fourth-order valence-electron chi connectivity index (χ4n) is 2.94. The second-order valence-corrected chi connectivity index (χ2v) is 7.95. The molecule has 0 unspecified atom stereocenters. The number of rotatable bonds is 5. The predicted molar refractivity (Wildman–Crippen MR) is 112 cm³/mol. The molecule has 4 rings (SSSR count). The predicted octanol–water partition coefficient (Wildman–Crippen LogP) is 5.77. The highest BCUT2D eigenvalue weighted by Gasteiger charge is 2.24. The summed E-state index contributed by atoms with van der Waals surface area (Å²) in [5, 5.41) is 0.677. The lowest BCUT2D eigenvalue weighted by atomic mass is 10.2. The van der Waals surface area contributed by atoms with Crippen LogP contribution >= 0.6 is 23.1 Å². The van der Waals surface area contributed by atoms with Crippen molar-refractivity contribution in [3.63, 3.8) is 0 Å². The zero-order valence-electron chi connectivity index (χ0n) is 15.0. The van der Waals surface area contributed by atoms with E-state index < -0.39 is 0 Å². The minimum Gasteiger partial charge on any atom is -0.467 e. The molecule has 0 fully saturated rings. The van der Waals surface area contributed by atoms with Gasteiger partial charge in [0.2, 0.25) is 0 Å². The summed E-state index contributed by atoms with van der Waals surface area (Å²) in [4.78, 5) is 20.9. The number of thioether (sulfide) groups is 1.